The normalized spacial score (nSPS) is 10.1. The molecular formula is C15H13ClN2OS. The number of amides is 1. The van der Waals surface area contributed by atoms with Crippen LogP contribution in [0.3, 0.4) is 0 Å². The third-order valence-electron chi connectivity index (χ3n) is 2.95. The average Bonchev–Trinajstić information content (AvgIpc) is 2.42. The van der Waals surface area contributed by atoms with Crippen molar-refractivity contribution in [3.63, 3.8) is 0 Å². The van der Waals surface area contributed by atoms with Crippen LogP contribution in [-0.2, 0) is 0 Å². The predicted octanol–water partition coefficient (Wildman–Crippen LogP) is 3.53. The highest BCUT2D eigenvalue weighted by atomic mass is 35.5. The van der Waals surface area contributed by atoms with Gasteiger partial charge >= 0.3 is 0 Å². The molecular weight excluding hydrogens is 292 g/mol. The molecule has 0 aliphatic rings. The van der Waals surface area contributed by atoms with E-state index in [1.807, 2.05) is 12.1 Å². The molecule has 0 heterocycles. The van der Waals surface area contributed by atoms with E-state index in [1.54, 1.807) is 37.3 Å². The van der Waals surface area contributed by atoms with Gasteiger partial charge in [-0.25, -0.2) is 0 Å². The van der Waals surface area contributed by atoms with Gasteiger partial charge in [0.25, 0.3) is 5.91 Å². The monoisotopic (exact) mass is 304 g/mol. The second-order valence-electron chi connectivity index (χ2n) is 4.28. The summed E-state index contributed by atoms with van der Waals surface area (Å²) in [6.45, 7) is 1.80. The average molecular weight is 305 g/mol. The molecule has 0 unspecified atom stereocenters. The van der Waals surface area contributed by atoms with Crippen LogP contribution in [0.25, 0.3) is 0 Å². The summed E-state index contributed by atoms with van der Waals surface area (Å²) in [5.74, 6) is -0.242. The fourth-order valence-electron chi connectivity index (χ4n) is 1.85. The fourth-order valence-corrected chi connectivity index (χ4v) is 2.20. The van der Waals surface area contributed by atoms with E-state index in [0.717, 1.165) is 5.56 Å². The molecule has 3 N–H and O–H groups in total. The summed E-state index contributed by atoms with van der Waals surface area (Å²) < 4.78 is 0. The number of rotatable bonds is 3. The first kappa shape index (κ1) is 14.5. The predicted molar refractivity (Wildman–Crippen MR) is 86.5 cm³/mol. The third-order valence-corrected chi connectivity index (χ3v) is 3.58. The number of carbonyl (C=O) groups excluding carboxylic acids is 1. The Morgan fingerprint density at radius 3 is 2.50 bits per heavy atom. The van der Waals surface area contributed by atoms with Gasteiger partial charge in [0, 0.05) is 16.1 Å². The molecule has 0 radical (unpaired) electrons. The van der Waals surface area contributed by atoms with E-state index in [-0.39, 0.29) is 10.9 Å². The zero-order valence-corrected chi connectivity index (χ0v) is 12.4. The molecule has 5 heteroatoms. The van der Waals surface area contributed by atoms with Gasteiger partial charge in [-0.2, -0.15) is 0 Å². The molecule has 0 spiro atoms. The number of hydrogen-bond donors (Lipinski definition) is 2. The highest BCUT2D eigenvalue weighted by Crippen LogP contribution is 2.21. The smallest absolute Gasteiger partial charge is 0.256 e. The molecule has 0 bridgehead atoms. The first-order valence-electron chi connectivity index (χ1n) is 5.96. The molecule has 0 aromatic heterocycles. The molecule has 2 rings (SSSR count). The van der Waals surface area contributed by atoms with E-state index in [4.69, 9.17) is 29.6 Å². The van der Waals surface area contributed by atoms with Crippen LogP contribution in [0.1, 0.15) is 21.5 Å². The Balaban J connectivity index is 2.33. The van der Waals surface area contributed by atoms with Gasteiger partial charge in [0.05, 0.1) is 5.69 Å². The summed E-state index contributed by atoms with van der Waals surface area (Å²) in [4.78, 5) is 12.5. The van der Waals surface area contributed by atoms with Crippen LogP contribution in [0.2, 0.25) is 5.02 Å². The van der Waals surface area contributed by atoms with Crippen LogP contribution in [0, 0.1) is 6.92 Å². The summed E-state index contributed by atoms with van der Waals surface area (Å²) in [6, 6.07) is 12.4. The van der Waals surface area contributed by atoms with Crippen molar-refractivity contribution < 1.29 is 4.79 Å². The quantitative estimate of drug-likeness (QED) is 0.853. The van der Waals surface area contributed by atoms with E-state index in [2.05, 4.69) is 5.32 Å². The molecule has 0 saturated heterocycles. The minimum Gasteiger partial charge on any atom is -0.389 e. The molecule has 1 amide bonds. The largest absolute Gasteiger partial charge is 0.389 e. The maximum Gasteiger partial charge on any atom is 0.256 e. The standard InChI is InChI=1S/C15H13ClN2OS/c1-9-10(6-4-7-12(9)16)15(19)18-13-8-3-2-5-11(13)14(17)20/h2-8H,1H3,(H2,17,20)(H,18,19). The molecule has 0 saturated carbocycles. The van der Waals surface area contributed by atoms with Gasteiger partial charge in [0.1, 0.15) is 4.99 Å². The summed E-state index contributed by atoms with van der Waals surface area (Å²) in [7, 11) is 0. The summed E-state index contributed by atoms with van der Waals surface area (Å²) >= 11 is 11.0. The molecule has 0 aliphatic carbocycles. The number of para-hydroxylation sites is 1. The van der Waals surface area contributed by atoms with Crippen LogP contribution < -0.4 is 11.1 Å². The summed E-state index contributed by atoms with van der Waals surface area (Å²) in [6.07, 6.45) is 0. The number of halogens is 1. The maximum atomic E-state index is 12.3. The SMILES string of the molecule is Cc1c(Cl)cccc1C(=O)Nc1ccccc1C(N)=S. The molecule has 20 heavy (non-hydrogen) atoms. The van der Waals surface area contributed by atoms with Gasteiger partial charge in [-0.05, 0) is 36.8 Å². The molecule has 2 aromatic carbocycles. The summed E-state index contributed by atoms with van der Waals surface area (Å²) in [5.41, 5.74) is 8.12. The molecule has 102 valence electrons. The fraction of sp³-hybridized carbons (Fsp3) is 0.0667. The van der Waals surface area contributed by atoms with Gasteiger partial charge in [0.2, 0.25) is 0 Å². The lowest BCUT2D eigenvalue weighted by atomic mass is 10.1. The van der Waals surface area contributed by atoms with Gasteiger partial charge in [0.15, 0.2) is 0 Å². The lowest BCUT2D eigenvalue weighted by Gasteiger charge is -2.11. The van der Waals surface area contributed by atoms with Crippen molar-refractivity contribution in [2.45, 2.75) is 6.92 Å². The molecule has 0 atom stereocenters. The number of nitrogens with two attached hydrogens (primary N) is 1. The zero-order valence-electron chi connectivity index (χ0n) is 10.8. The number of anilines is 1. The molecule has 3 nitrogen and oxygen atoms in total. The lowest BCUT2D eigenvalue weighted by molar-refractivity contribution is 0.102. The van der Waals surface area contributed by atoms with Gasteiger partial charge < -0.3 is 11.1 Å². The molecule has 0 aliphatic heterocycles. The Labute approximate surface area is 127 Å². The number of hydrogen-bond acceptors (Lipinski definition) is 2. The van der Waals surface area contributed by atoms with Crippen molar-refractivity contribution >= 4 is 40.4 Å². The number of carbonyl (C=O) groups is 1. The van der Waals surface area contributed by atoms with Gasteiger partial charge in [-0.1, -0.05) is 42.0 Å². The van der Waals surface area contributed by atoms with Crippen LogP contribution in [0.15, 0.2) is 42.5 Å². The highest BCUT2D eigenvalue weighted by Gasteiger charge is 2.13. The van der Waals surface area contributed by atoms with Gasteiger partial charge in [-0.15, -0.1) is 0 Å². The van der Waals surface area contributed by atoms with Crippen LogP contribution in [-0.4, -0.2) is 10.9 Å². The lowest BCUT2D eigenvalue weighted by Crippen LogP contribution is -2.18. The highest BCUT2D eigenvalue weighted by molar-refractivity contribution is 7.80. The Morgan fingerprint density at radius 1 is 1.15 bits per heavy atom. The second-order valence-corrected chi connectivity index (χ2v) is 5.12. The van der Waals surface area contributed by atoms with Gasteiger partial charge in [-0.3, -0.25) is 4.79 Å². The maximum absolute atomic E-state index is 12.3. The Hall–Kier alpha value is -1.91. The van der Waals surface area contributed by atoms with E-state index in [0.29, 0.717) is 21.8 Å². The third kappa shape index (κ3) is 2.98. The van der Waals surface area contributed by atoms with Crippen molar-refractivity contribution in [2.24, 2.45) is 5.73 Å². The van der Waals surface area contributed by atoms with Crippen LogP contribution in [0.4, 0.5) is 5.69 Å². The Morgan fingerprint density at radius 2 is 1.80 bits per heavy atom. The van der Waals surface area contributed by atoms with Crippen LogP contribution in [0.5, 0.6) is 0 Å². The topological polar surface area (TPSA) is 55.1 Å². The van der Waals surface area contributed by atoms with Crippen molar-refractivity contribution in [3.8, 4) is 0 Å². The minimum atomic E-state index is -0.242. The first-order chi connectivity index (χ1) is 9.50. The number of nitrogens with one attached hydrogen (secondary N) is 1. The molecule has 0 fully saturated rings. The molecule has 2 aromatic rings. The number of benzene rings is 2. The summed E-state index contributed by atoms with van der Waals surface area (Å²) in [5, 5.41) is 3.37. The zero-order chi connectivity index (χ0) is 14.7. The van der Waals surface area contributed by atoms with E-state index >= 15 is 0 Å². The van der Waals surface area contributed by atoms with E-state index in [1.165, 1.54) is 0 Å². The minimum absolute atomic E-state index is 0.240. The van der Waals surface area contributed by atoms with Crippen LogP contribution >= 0.6 is 23.8 Å². The number of thiocarbonyl (C=S) groups is 1. The van der Waals surface area contributed by atoms with E-state index in [9.17, 15) is 4.79 Å². The van der Waals surface area contributed by atoms with Crippen molar-refractivity contribution in [3.05, 3.63) is 64.2 Å². The van der Waals surface area contributed by atoms with Crippen molar-refractivity contribution in [1.29, 1.82) is 0 Å². The van der Waals surface area contributed by atoms with Crippen molar-refractivity contribution in [2.75, 3.05) is 5.32 Å². The Kier molecular flexibility index (Phi) is 4.37. The van der Waals surface area contributed by atoms with Crippen molar-refractivity contribution in [1.82, 2.24) is 0 Å². The van der Waals surface area contributed by atoms with E-state index < -0.39 is 0 Å². The Bertz CT molecular complexity index is 685. The second kappa shape index (κ2) is 6.03. The first-order valence-corrected chi connectivity index (χ1v) is 6.74.